The van der Waals surface area contributed by atoms with E-state index < -0.39 is 10.9 Å². The van der Waals surface area contributed by atoms with E-state index in [1.807, 2.05) is 0 Å². The van der Waals surface area contributed by atoms with E-state index >= 15 is 0 Å². The minimum absolute atomic E-state index is 0.0727. The molecule has 0 saturated heterocycles. The molecule has 0 radical (unpaired) electrons. The molecule has 1 aromatic rings. The predicted molar refractivity (Wildman–Crippen MR) is 54.4 cm³/mol. The molecule has 1 aromatic carbocycles. The van der Waals surface area contributed by atoms with Gasteiger partial charge in [0.25, 0.3) is 5.69 Å². The van der Waals surface area contributed by atoms with E-state index in [0.29, 0.717) is 0 Å². The van der Waals surface area contributed by atoms with Gasteiger partial charge in [-0.2, -0.15) is 0 Å². The molecule has 0 aliphatic heterocycles. The van der Waals surface area contributed by atoms with Gasteiger partial charge >= 0.3 is 5.97 Å². The van der Waals surface area contributed by atoms with Crippen LogP contribution in [0.2, 0.25) is 10.0 Å². The Morgan fingerprint density at radius 2 is 1.87 bits per heavy atom. The number of hydrogen-bond acceptors (Lipinski definition) is 4. The van der Waals surface area contributed by atoms with Crippen LogP contribution in [0.4, 0.5) is 5.69 Å². The number of non-ortho nitro benzene ring substituents is 1. The molecule has 0 saturated carbocycles. The van der Waals surface area contributed by atoms with Gasteiger partial charge in [0.2, 0.25) is 0 Å². The monoisotopic (exact) mass is 249 g/mol. The normalized spacial score (nSPS) is 9.80. The van der Waals surface area contributed by atoms with Gasteiger partial charge in [0.15, 0.2) is 5.75 Å². The van der Waals surface area contributed by atoms with Crippen molar-refractivity contribution >= 4 is 34.9 Å². The standard InChI is InChI=1S/C8H5Cl2NO4/c1-4(12)15-8-6(9)2-5(11(13)14)3-7(8)10/h2-3H,1H3. The summed E-state index contributed by atoms with van der Waals surface area (Å²) in [6, 6.07) is 2.12. The van der Waals surface area contributed by atoms with Crippen LogP contribution in [-0.4, -0.2) is 10.9 Å². The van der Waals surface area contributed by atoms with Gasteiger partial charge in [0.05, 0.1) is 15.0 Å². The maximum absolute atomic E-state index is 10.7. The van der Waals surface area contributed by atoms with Crippen LogP contribution in [0.3, 0.4) is 0 Å². The van der Waals surface area contributed by atoms with Crippen molar-refractivity contribution in [2.24, 2.45) is 0 Å². The molecule has 0 amide bonds. The molecule has 0 aliphatic carbocycles. The molecule has 0 aliphatic rings. The van der Waals surface area contributed by atoms with E-state index in [9.17, 15) is 14.9 Å². The third-order valence-corrected chi connectivity index (χ3v) is 2.00. The number of rotatable bonds is 2. The predicted octanol–water partition coefficient (Wildman–Crippen LogP) is 2.83. The lowest BCUT2D eigenvalue weighted by Gasteiger charge is -2.05. The number of ether oxygens (including phenoxy) is 1. The lowest BCUT2D eigenvalue weighted by atomic mass is 10.3. The number of carbonyl (C=O) groups is 1. The van der Waals surface area contributed by atoms with E-state index in [4.69, 9.17) is 23.2 Å². The quantitative estimate of drug-likeness (QED) is 0.350. The average molecular weight is 250 g/mol. The summed E-state index contributed by atoms with van der Waals surface area (Å²) in [5.74, 6) is -0.677. The summed E-state index contributed by atoms with van der Waals surface area (Å²) in [7, 11) is 0. The molecule has 5 nitrogen and oxygen atoms in total. The molecule has 0 bridgehead atoms. The molecule has 1 rings (SSSR count). The first-order chi connectivity index (χ1) is 6.91. The lowest BCUT2D eigenvalue weighted by Crippen LogP contribution is -2.02. The van der Waals surface area contributed by atoms with Crippen molar-refractivity contribution in [3.63, 3.8) is 0 Å². The highest BCUT2D eigenvalue weighted by Gasteiger charge is 2.16. The van der Waals surface area contributed by atoms with Crippen molar-refractivity contribution in [2.75, 3.05) is 0 Å². The summed E-state index contributed by atoms with van der Waals surface area (Å²) in [6.07, 6.45) is 0. The van der Waals surface area contributed by atoms with Gasteiger partial charge in [-0.3, -0.25) is 14.9 Å². The summed E-state index contributed by atoms with van der Waals surface area (Å²) < 4.78 is 4.69. The molecule has 0 N–H and O–H groups in total. The third-order valence-electron chi connectivity index (χ3n) is 1.44. The zero-order valence-electron chi connectivity index (χ0n) is 7.49. The molecule has 0 spiro atoms. The topological polar surface area (TPSA) is 69.4 Å². The van der Waals surface area contributed by atoms with Crippen molar-refractivity contribution in [2.45, 2.75) is 6.92 Å². The molecule has 0 aromatic heterocycles. The van der Waals surface area contributed by atoms with Gasteiger partial charge < -0.3 is 4.74 Å². The Morgan fingerprint density at radius 1 is 1.40 bits per heavy atom. The van der Waals surface area contributed by atoms with E-state index in [1.165, 1.54) is 6.92 Å². The van der Waals surface area contributed by atoms with Gasteiger partial charge in [-0.25, -0.2) is 0 Å². The van der Waals surface area contributed by atoms with Gasteiger partial charge in [0.1, 0.15) is 0 Å². The number of halogens is 2. The van der Waals surface area contributed by atoms with Crippen LogP contribution in [0.1, 0.15) is 6.92 Å². The zero-order valence-corrected chi connectivity index (χ0v) is 9.00. The fraction of sp³-hybridized carbons (Fsp3) is 0.125. The van der Waals surface area contributed by atoms with E-state index in [1.54, 1.807) is 0 Å². The Hall–Kier alpha value is -1.33. The molecule has 15 heavy (non-hydrogen) atoms. The van der Waals surface area contributed by atoms with Crippen molar-refractivity contribution in [3.8, 4) is 5.75 Å². The lowest BCUT2D eigenvalue weighted by molar-refractivity contribution is -0.384. The molecular formula is C8H5Cl2NO4. The molecule has 80 valence electrons. The Labute approximate surface area is 94.7 Å². The second kappa shape index (κ2) is 4.46. The van der Waals surface area contributed by atoms with Crippen LogP contribution in [0, 0.1) is 10.1 Å². The fourth-order valence-electron chi connectivity index (χ4n) is 0.893. The van der Waals surface area contributed by atoms with Crippen LogP contribution >= 0.6 is 23.2 Å². The Kier molecular flexibility index (Phi) is 3.49. The van der Waals surface area contributed by atoms with Gasteiger partial charge in [0, 0.05) is 19.1 Å². The average Bonchev–Trinajstić information content (AvgIpc) is 2.10. The van der Waals surface area contributed by atoms with Gasteiger partial charge in [-0.05, 0) is 0 Å². The highest BCUT2D eigenvalue weighted by atomic mass is 35.5. The highest BCUT2D eigenvalue weighted by molar-refractivity contribution is 6.37. The smallest absolute Gasteiger partial charge is 0.308 e. The first-order valence-corrected chi connectivity index (χ1v) is 4.49. The van der Waals surface area contributed by atoms with Crippen molar-refractivity contribution in [1.82, 2.24) is 0 Å². The number of nitrogens with zero attached hydrogens (tertiary/aromatic N) is 1. The molecular weight excluding hydrogens is 245 g/mol. The van der Waals surface area contributed by atoms with Crippen molar-refractivity contribution in [3.05, 3.63) is 32.3 Å². The SMILES string of the molecule is CC(=O)Oc1c(Cl)cc([N+](=O)[O-])cc1Cl. The molecule has 0 atom stereocenters. The fourth-order valence-corrected chi connectivity index (χ4v) is 1.45. The largest absolute Gasteiger partial charge is 0.424 e. The maximum atomic E-state index is 10.7. The minimum Gasteiger partial charge on any atom is -0.424 e. The van der Waals surface area contributed by atoms with Gasteiger partial charge in [-0.15, -0.1) is 0 Å². The van der Waals surface area contributed by atoms with E-state index in [-0.39, 0.29) is 21.5 Å². The van der Waals surface area contributed by atoms with Crippen LogP contribution in [0.5, 0.6) is 5.75 Å². The number of nitro benzene ring substituents is 1. The second-order valence-corrected chi connectivity index (χ2v) is 3.40. The van der Waals surface area contributed by atoms with E-state index in [0.717, 1.165) is 12.1 Å². The van der Waals surface area contributed by atoms with Crippen molar-refractivity contribution in [1.29, 1.82) is 0 Å². The molecule has 0 heterocycles. The first-order valence-electron chi connectivity index (χ1n) is 3.73. The highest BCUT2D eigenvalue weighted by Crippen LogP contribution is 2.36. The third kappa shape index (κ3) is 2.81. The summed E-state index contributed by atoms with van der Waals surface area (Å²) in [4.78, 5) is 20.4. The Bertz CT molecular complexity index is 410. The number of carbonyl (C=O) groups excluding carboxylic acids is 1. The van der Waals surface area contributed by atoms with Gasteiger partial charge in [-0.1, -0.05) is 23.2 Å². The minimum atomic E-state index is -0.644. The second-order valence-electron chi connectivity index (χ2n) is 2.59. The van der Waals surface area contributed by atoms with Crippen LogP contribution in [0.15, 0.2) is 12.1 Å². The Balaban J connectivity index is 3.21. The van der Waals surface area contributed by atoms with Crippen LogP contribution in [-0.2, 0) is 4.79 Å². The molecule has 7 heteroatoms. The zero-order chi connectivity index (χ0) is 11.6. The van der Waals surface area contributed by atoms with Crippen molar-refractivity contribution < 1.29 is 14.5 Å². The number of benzene rings is 1. The van der Waals surface area contributed by atoms with E-state index in [2.05, 4.69) is 4.74 Å². The summed E-state index contributed by atoms with van der Waals surface area (Å²) in [5.41, 5.74) is -0.263. The molecule has 0 unspecified atom stereocenters. The summed E-state index contributed by atoms with van der Waals surface area (Å²) in [5, 5.41) is 10.3. The van der Waals surface area contributed by atoms with Crippen LogP contribution < -0.4 is 4.74 Å². The molecule has 0 fully saturated rings. The number of hydrogen-bond donors (Lipinski definition) is 0. The number of nitro groups is 1. The maximum Gasteiger partial charge on any atom is 0.308 e. The summed E-state index contributed by atoms with van der Waals surface area (Å²) in [6.45, 7) is 1.17. The first kappa shape index (κ1) is 11.7. The number of esters is 1. The summed E-state index contributed by atoms with van der Waals surface area (Å²) >= 11 is 11.3. The Morgan fingerprint density at radius 3 is 2.20 bits per heavy atom. The van der Waals surface area contributed by atoms with Crippen LogP contribution in [0.25, 0.3) is 0 Å².